The zero-order valence-corrected chi connectivity index (χ0v) is 12.7. The molecule has 0 aliphatic heterocycles. The lowest BCUT2D eigenvalue weighted by Crippen LogP contribution is -2.40. The average Bonchev–Trinajstić information content (AvgIpc) is 2.37. The van der Waals surface area contributed by atoms with Gasteiger partial charge in [0.25, 0.3) is 0 Å². The van der Waals surface area contributed by atoms with Crippen molar-refractivity contribution in [2.45, 2.75) is 51.5 Å². The summed E-state index contributed by atoms with van der Waals surface area (Å²) >= 11 is 0. The largest absolute Gasteiger partial charge is 0.313 e. The van der Waals surface area contributed by atoms with Crippen LogP contribution in [0.5, 0.6) is 0 Å². The first-order valence-electron chi connectivity index (χ1n) is 7.83. The van der Waals surface area contributed by atoms with E-state index in [0.717, 1.165) is 12.6 Å². The smallest absolute Gasteiger partial charge is 0.0110 e. The standard InChI is InChI=1S/C15H33N3/c1-4-11-18(14-13-17(2)3)12-10-16-15-8-6-5-7-9-15/h15-16H,4-14H2,1-3H3. The molecule has 0 unspecified atom stereocenters. The van der Waals surface area contributed by atoms with Crippen molar-refractivity contribution in [3.8, 4) is 0 Å². The second-order valence-corrected chi connectivity index (χ2v) is 5.93. The van der Waals surface area contributed by atoms with Crippen LogP contribution in [0.2, 0.25) is 0 Å². The van der Waals surface area contributed by atoms with Gasteiger partial charge in [-0.1, -0.05) is 26.2 Å². The normalized spacial score (nSPS) is 17.8. The van der Waals surface area contributed by atoms with Crippen molar-refractivity contribution in [3.05, 3.63) is 0 Å². The lowest BCUT2D eigenvalue weighted by atomic mass is 9.95. The first-order valence-corrected chi connectivity index (χ1v) is 7.83. The SMILES string of the molecule is CCCN(CCNC1CCCCC1)CCN(C)C. The third-order valence-electron chi connectivity index (χ3n) is 3.87. The Morgan fingerprint density at radius 3 is 2.28 bits per heavy atom. The van der Waals surface area contributed by atoms with Crippen molar-refractivity contribution in [2.24, 2.45) is 0 Å². The molecule has 1 N–H and O–H groups in total. The molecule has 108 valence electrons. The Labute approximate surface area is 114 Å². The van der Waals surface area contributed by atoms with Crippen LogP contribution >= 0.6 is 0 Å². The molecule has 0 aromatic heterocycles. The average molecular weight is 255 g/mol. The van der Waals surface area contributed by atoms with Crippen LogP contribution in [0.4, 0.5) is 0 Å². The van der Waals surface area contributed by atoms with Gasteiger partial charge in [-0.2, -0.15) is 0 Å². The quantitative estimate of drug-likeness (QED) is 0.681. The van der Waals surface area contributed by atoms with E-state index in [-0.39, 0.29) is 0 Å². The summed E-state index contributed by atoms with van der Waals surface area (Å²) in [7, 11) is 4.31. The number of hydrogen-bond acceptors (Lipinski definition) is 3. The van der Waals surface area contributed by atoms with E-state index in [9.17, 15) is 0 Å². The molecule has 1 saturated carbocycles. The molecule has 0 aromatic rings. The van der Waals surface area contributed by atoms with Crippen molar-refractivity contribution in [1.29, 1.82) is 0 Å². The summed E-state index contributed by atoms with van der Waals surface area (Å²) in [6.45, 7) is 8.25. The second-order valence-electron chi connectivity index (χ2n) is 5.93. The molecule has 0 saturated heterocycles. The molecule has 1 aliphatic rings. The van der Waals surface area contributed by atoms with Crippen LogP contribution < -0.4 is 5.32 Å². The molecule has 0 amide bonds. The summed E-state index contributed by atoms with van der Waals surface area (Å²) < 4.78 is 0. The van der Waals surface area contributed by atoms with Crippen molar-refractivity contribution in [3.63, 3.8) is 0 Å². The Bertz CT molecular complexity index is 188. The Kier molecular flexibility index (Phi) is 8.64. The van der Waals surface area contributed by atoms with Gasteiger partial charge in [0.05, 0.1) is 0 Å². The molecule has 3 heteroatoms. The highest BCUT2D eigenvalue weighted by molar-refractivity contribution is 4.72. The van der Waals surface area contributed by atoms with E-state index in [1.54, 1.807) is 0 Å². The minimum Gasteiger partial charge on any atom is -0.313 e. The lowest BCUT2D eigenvalue weighted by Gasteiger charge is -2.27. The molecule has 0 heterocycles. The summed E-state index contributed by atoms with van der Waals surface area (Å²) in [5, 5.41) is 3.74. The second kappa shape index (κ2) is 9.76. The van der Waals surface area contributed by atoms with Gasteiger partial charge >= 0.3 is 0 Å². The topological polar surface area (TPSA) is 18.5 Å². The number of nitrogens with zero attached hydrogens (tertiary/aromatic N) is 2. The van der Waals surface area contributed by atoms with Crippen LogP contribution in [0, 0.1) is 0 Å². The van der Waals surface area contributed by atoms with Crippen LogP contribution in [0.3, 0.4) is 0 Å². The Hall–Kier alpha value is -0.120. The number of hydrogen-bond donors (Lipinski definition) is 1. The maximum absolute atomic E-state index is 3.74. The minimum atomic E-state index is 0.802. The molecular weight excluding hydrogens is 222 g/mol. The summed E-state index contributed by atoms with van der Waals surface area (Å²) in [4.78, 5) is 4.87. The van der Waals surface area contributed by atoms with Gasteiger partial charge in [0.2, 0.25) is 0 Å². The third kappa shape index (κ3) is 7.34. The van der Waals surface area contributed by atoms with E-state index >= 15 is 0 Å². The van der Waals surface area contributed by atoms with E-state index in [1.807, 2.05) is 0 Å². The highest BCUT2D eigenvalue weighted by Gasteiger charge is 2.12. The first kappa shape index (κ1) is 15.9. The molecule has 0 radical (unpaired) electrons. The number of rotatable bonds is 9. The molecule has 0 spiro atoms. The fraction of sp³-hybridized carbons (Fsp3) is 1.00. The van der Waals surface area contributed by atoms with Gasteiger partial charge in [0.1, 0.15) is 0 Å². The molecule has 18 heavy (non-hydrogen) atoms. The highest BCUT2D eigenvalue weighted by atomic mass is 15.2. The van der Waals surface area contributed by atoms with Crippen LogP contribution in [-0.2, 0) is 0 Å². The predicted octanol–water partition coefficient (Wildman–Crippen LogP) is 2.18. The van der Waals surface area contributed by atoms with Crippen LogP contribution in [0.1, 0.15) is 45.4 Å². The van der Waals surface area contributed by atoms with E-state index in [2.05, 4.69) is 36.1 Å². The zero-order chi connectivity index (χ0) is 13.2. The van der Waals surface area contributed by atoms with E-state index in [4.69, 9.17) is 0 Å². The molecular formula is C15H33N3. The van der Waals surface area contributed by atoms with Gasteiger partial charge < -0.3 is 15.1 Å². The Balaban J connectivity index is 2.11. The molecule has 0 atom stereocenters. The summed E-state index contributed by atoms with van der Waals surface area (Å²) in [6.07, 6.45) is 8.35. The van der Waals surface area contributed by atoms with E-state index < -0.39 is 0 Å². The molecule has 1 fully saturated rings. The Morgan fingerprint density at radius 1 is 0.944 bits per heavy atom. The maximum Gasteiger partial charge on any atom is 0.0110 e. The summed E-state index contributed by atoms with van der Waals surface area (Å²) in [5.74, 6) is 0. The molecule has 3 nitrogen and oxygen atoms in total. The fourth-order valence-corrected chi connectivity index (χ4v) is 2.73. The summed E-state index contributed by atoms with van der Waals surface area (Å²) in [6, 6.07) is 0.802. The van der Waals surface area contributed by atoms with Gasteiger partial charge in [-0.15, -0.1) is 0 Å². The van der Waals surface area contributed by atoms with Crippen LogP contribution in [0.25, 0.3) is 0 Å². The highest BCUT2D eigenvalue weighted by Crippen LogP contribution is 2.16. The lowest BCUT2D eigenvalue weighted by molar-refractivity contribution is 0.234. The van der Waals surface area contributed by atoms with Gasteiger partial charge in [-0.25, -0.2) is 0 Å². The van der Waals surface area contributed by atoms with Gasteiger partial charge in [-0.05, 0) is 39.9 Å². The van der Waals surface area contributed by atoms with Gasteiger partial charge in [0.15, 0.2) is 0 Å². The minimum absolute atomic E-state index is 0.802. The number of nitrogens with one attached hydrogen (secondary N) is 1. The summed E-state index contributed by atoms with van der Waals surface area (Å²) in [5.41, 5.74) is 0. The zero-order valence-electron chi connectivity index (χ0n) is 12.7. The van der Waals surface area contributed by atoms with Crippen LogP contribution in [0.15, 0.2) is 0 Å². The van der Waals surface area contributed by atoms with Gasteiger partial charge in [-0.3, -0.25) is 0 Å². The Morgan fingerprint density at radius 2 is 1.67 bits per heavy atom. The third-order valence-corrected chi connectivity index (χ3v) is 3.87. The van der Waals surface area contributed by atoms with E-state index in [0.29, 0.717) is 0 Å². The predicted molar refractivity (Wildman–Crippen MR) is 80.2 cm³/mol. The van der Waals surface area contributed by atoms with Crippen molar-refractivity contribution >= 4 is 0 Å². The van der Waals surface area contributed by atoms with Crippen molar-refractivity contribution in [1.82, 2.24) is 15.1 Å². The van der Waals surface area contributed by atoms with Gasteiger partial charge in [0, 0.05) is 32.2 Å². The molecule has 1 rings (SSSR count). The molecule has 0 aromatic carbocycles. The van der Waals surface area contributed by atoms with E-state index in [1.165, 1.54) is 64.7 Å². The van der Waals surface area contributed by atoms with Crippen molar-refractivity contribution in [2.75, 3.05) is 46.8 Å². The maximum atomic E-state index is 3.74. The molecule has 1 aliphatic carbocycles. The fourth-order valence-electron chi connectivity index (χ4n) is 2.73. The monoisotopic (exact) mass is 255 g/mol. The van der Waals surface area contributed by atoms with Crippen LogP contribution in [-0.4, -0.2) is 62.7 Å². The van der Waals surface area contributed by atoms with Crippen molar-refractivity contribution < 1.29 is 0 Å². The molecule has 0 bridgehead atoms. The first-order chi connectivity index (χ1) is 8.72. The number of likely N-dealkylation sites (N-methyl/N-ethyl adjacent to an activating group) is 1.